The van der Waals surface area contributed by atoms with Crippen molar-refractivity contribution in [1.82, 2.24) is 30.5 Å². The van der Waals surface area contributed by atoms with Crippen molar-refractivity contribution in [2.45, 2.75) is 13.0 Å². The first kappa shape index (κ1) is 17.4. The summed E-state index contributed by atoms with van der Waals surface area (Å²) in [6.07, 6.45) is 4.59. The quantitative estimate of drug-likeness (QED) is 0.436. The number of aromatic amines is 2. The number of aromatic nitrogens is 5. The Morgan fingerprint density at radius 1 is 1.14 bits per heavy atom. The SMILES string of the molecule is CC(NC(=O)Nc1cc2[nH]nc(-c3cnc(=O)[nH]c3)c2cn1)c1ccccc1. The number of pyridine rings is 1. The molecule has 1 aromatic carbocycles. The van der Waals surface area contributed by atoms with E-state index in [0.717, 1.165) is 10.9 Å². The molecule has 4 aromatic rings. The highest BCUT2D eigenvalue weighted by molar-refractivity contribution is 5.95. The fourth-order valence-corrected chi connectivity index (χ4v) is 2.85. The number of hydrogen-bond acceptors (Lipinski definition) is 5. The maximum Gasteiger partial charge on any atom is 0.344 e. The Morgan fingerprint density at radius 3 is 2.71 bits per heavy atom. The maximum absolute atomic E-state index is 12.3. The number of carbonyl (C=O) groups is 1. The van der Waals surface area contributed by atoms with Gasteiger partial charge in [-0.15, -0.1) is 0 Å². The lowest BCUT2D eigenvalue weighted by Crippen LogP contribution is -2.31. The molecular weight excluding hydrogens is 358 g/mol. The van der Waals surface area contributed by atoms with Crippen LogP contribution in [0.4, 0.5) is 10.6 Å². The molecule has 0 aliphatic carbocycles. The van der Waals surface area contributed by atoms with Gasteiger partial charge in [0.2, 0.25) is 0 Å². The van der Waals surface area contributed by atoms with E-state index in [1.54, 1.807) is 12.3 Å². The van der Waals surface area contributed by atoms with Crippen molar-refractivity contribution in [2.24, 2.45) is 0 Å². The molecule has 4 N–H and O–H groups in total. The van der Waals surface area contributed by atoms with E-state index >= 15 is 0 Å². The molecule has 0 radical (unpaired) electrons. The van der Waals surface area contributed by atoms with Gasteiger partial charge in [-0.25, -0.2) is 19.6 Å². The molecule has 0 saturated carbocycles. The first-order chi connectivity index (χ1) is 13.6. The van der Waals surface area contributed by atoms with Crippen LogP contribution in [0, 0.1) is 0 Å². The zero-order chi connectivity index (χ0) is 19.5. The molecule has 0 aliphatic rings. The number of nitrogens with zero attached hydrogens (tertiary/aromatic N) is 3. The largest absolute Gasteiger partial charge is 0.344 e. The van der Waals surface area contributed by atoms with Crippen LogP contribution < -0.4 is 16.3 Å². The fourth-order valence-electron chi connectivity index (χ4n) is 2.85. The van der Waals surface area contributed by atoms with Crippen molar-refractivity contribution >= 4 is 22.8 Å². The summed E-state index contributed by atoms with van der Waals surface area (Å²) in [6.45, 7) is 1.91. The molecule has 1 unspecified atom stereocenters. The molecule has 9 nitrogen and oxygen atoms in total. The number of urea groups is 1. The standard InChI is InChI=1S/C19H17N7O2/c1-11(12-5-3-2-4-6-12)23-19(28)24-16-7-15-14(10-20-16)17(26-25-15)13-8-21-18(27)22-9-13/h2-11H,1H3,(H,25,26)(H,21,22,27)(H2,20,23,24,28). The Bertz CT molecular complexity index is 1160. The predicted molar refractivity (Wildman–Crippen MR) is 105 cm³/mol. The minimum atomic E-state index is -0.427. The lowest BCUT2D eigenvalue weighted by Gasteiger charge is -2.14. The van der Waals surface area contributed by atoms with E-state index in [1.165, 1.54) is 12.4 Å². The average molecular weight is 375 g/mol. The average Bonchev–Trinajstić information content (AvgIpc) is 3.12. The highest BCUT2D eigenvalue weighted by Gasteiger charge is 2.13. The third-order valence-electron chi connectivity index (χ3n) is 4.28. The van der Waals surface area contributed by atoms with Crippen molar-refractivity contribution in [3.8, 4) is 11.3 Å². The van der Waals surface area contributed by atoms with Crippen molar-refractivity contribution in [1.29, 1.82) is 0 Å². The predicted octanol–water partition coefficient (Wildman–Crippen LogP) is 2.59. The van der Waals surface area contributed by atoms with E-state index in [4.69, 9.17) is 0 Å². The summed E-state index contributed by atoms with van der Waals surface area (Å²) >= 11 is 0. The van der Waals surface area contributed by atoms with Crippen LogP contribution in [0.15, 0.2) is 59.8 Å². The molecule has 0 saturated heterocycles. The van der Waals surface area contributed by atoms with Crippen LogP contribution in [0.1, 0.15) is 18.5 Å². The van der Waals surface area contributed by atoms with Crippen LogP contribution in [0.3, 0.4) is 0 Å². The Kier molecular flexibility index (Phi) is 4.55. The lowest BCUT2D eigenvalue weighted by atomic mass is 10.1. The van der Waals surface area contributed by atoms with Gasteiger partial charge in [0.1, 0.15) is 11.5 Å². The molecule has 3 aromatic heterocycles. The molecule has 140 valence electrons. The topological polar surface area (TPSA) is 128 Å². The molecule has 9 heteroatoms. The van der Waals surface area contributed by atoms with Gasteiger partial charge in [-0.05, 0) is 12.5 Å². The number of hydrogen-bond donors (Lipinski definition) is 4. The minimum Gasteiger partial charge on any atom is -0.331 e. The van der Waals surface area contributed by atoms with E-state index < -0.39 is 5.69 Å². The molecule has 4 rings (SSSR count). The summed E-state index contributed by atoms with van der Waals surface area (Å²) in [5.41, 5.74) is 2.54. The number of anilines is 1. The van der Waals surface area contributed by atoms with Gasteiger partial charge in [-0.3, -0.25) is 10.4 Å². The normalized spacial score (nSPS) is 11.9. The van der Waals surface area contributed by atoms with Crippen molar-refractivity contribution < 1.29 is 4.79 Å². The van der Waals surface area contributed by atoms with E-state index in [2.05, 4.69) is 35.8 Å². The molecule has 0 fully saturated rings. The first-order valence-electron chi connectivity index (χ1n) is 8.62. The summed E-state index contributed by atoms with van der Waals surface area (Å²) in [4.78, 5) is 33.9. The van der Waals surface area contributed by atoms with Crippen LogP contribution in [0.25, 0.3) is 22.2 Å². The number of nitrogens with one attached hydrogen (secondary N) is 4. The van der Waals surface area contributed by atoms with Gasteiger partial charge in [0.05, 0.1) is 11.6 Å². The number of rotatable bonds is 4. The van der Waals surface area contributed by atoms with E-state index in [-0.39, 0.29) is 12.1 Å². The highest BCUT2D eigenvalue weighted by atomic mass is 16.2. The minimum absolute atomic E-state index is 0.142. The summed E-state index contributed by atoms with van der Waals surface area (Å²) in [5.74, 6) is 0.389. The zero-order valence-corrected chi connectivity index (χ0v) is 14.9. The maximum atomic E-state index is 12.3. The summed E-state index contributed by atoms with van der Waals surface area (Å²) in [6, 6.07) is 10.9. The van der Waals surface area contributed by atoms with Crippen LogP contribution in [0.2, 0.25) is 0 Å². The van der Waals surface area contributed by atoms with Gasteiger partial charge >= 0.3 is 11.7 Å². The van der Waals surface area contributed by atoms with Crippen molar-refractivity contribution in [3.63, 3.8) is 0 Å². The van der Waals surface area contributed by atoms with Gasteiger partial charge in [-0.1, -0.05) is 30.3 Å². The third-order valence-corrected chi connectivity index (χ3v) is 4.28. The molecule has 0 spiro atoms. The Hall–Kier alpha value is -4.01. The smallest absolute Gasteiger partial charge is 0.331 e. The van der Waals surface area contributed by atoms with Crippen molar-refractivity contribution in [2.75, 3.05) is 5.32 Å². The Morgan fingerprint density at radius 2 is 1.96 bits per heavy atom. The second-order valence-corrected chi connectivity index (χ2v) is 6.23. The Labute approximate surface area is 159 Å². The highest BCUT2D eigenvalue weighted by Crippen LogP contribution is 2.25. The monoisotopic (exact) mass is 375 g/mol. The Balaban J connectivity index is 1.50. The van der Waals surface area contributed by atoms with E-state index in [1.807, 2.05) is 37.3 Å². The second-order valence-electron chi connectivity index (χ2n) is 6.23. The molecule has 3 heterocycles. The number of carbonyl (C=O) groups excluding carboxylic acids is 1. The van der Waals surface area contributed by atoms with Gasteiger partial charge in [0, 0.05) is 35.6 Å². The van der Waals surface area contributed by atoms with E-state index in [9.17, 15) is 9.59 Å². The number of amides is 2. The number of fused-ring (bicyclic) bond motifs is 1. The van der Waals surface area contributed by atoms with Gasteiger partial charge < -0.3 is 10.3 Å². The summed E-state index contributed by atoms with van der Waals surface area (Å²) < 4.78 is 0. The van der Waals surface area contributed by atoms with Crippen LogP contribution in [-0.2, 0) is 0 Å². The summed E-state index contributed by atoms with van der Waals surface area (Å²) in [7, 11) is 0. The van der Waals surface area contributed by atoms with Crippen molar-refractivity contribution in [3.05, 3.63) is 71.0 Å². The van der Waals surface area contributed by atoms with Crippen LogP contribution in [0.5, 0.6) is 0 Å². The van der Waals surface area contributed by atoms with Crippen LogP contribution in [-0.4, -0.2) is 31.2 Å². The molecule has 1 atom stereocenters. The van der Waals surface area contributed by atoms with Gasteiger partial charge in [0.15, 0.2) is 0 Å². The first-order valence-corrected chi connectivity index (χ1v) is 8.62. The molecular formula is C19H17N7O2. The van der Waals surface area contributed by atoms with Gasteiger partial charge in [-0.2, -0.15) is 5.10 Å². The second kappa shape index (κ2) is 7.31. The lowest BCUT2D eigenvalue weighted by molar-refractivity contribution is 0.249. The molecule has 0 bridgehead atoms. The number of benzene rings is 1. The zero-order valence-electron chi connectivity index (χ0n) is 14.9. The molecule has 0 aliphatic heterocycles. The molecule has 2 amide bonds. The third kappa shape index (κ3) is 3.58. The fraction of sp³-hybridized carbons (Fsp3) is 0.105. The van der Waals surface area contributed by atoms with Crippen LogP contribution >= 0.6 is 0 Å². The number of H-pyrrole nitrogens is 2. The van der Waals surface area contributed by atoms with E-state index in [0.29, 0.717) is 22.6 Å². The summed E-state index contributed by atoms with van der Waals surface area (Å²) in [5, 5.41) is 13.5. The van der Waals surface area contributed by atoms with Gasteiger partial charge in [0.25, 0.3) is 0 Å². The molecule has 28 heavy (non-hydrogen) atoms.